The predicted octanol–water partition coefficient (Wildman–Crippen LogP) is 4.43. The number of phenols is 1. The van der Waals surface area contributed by atoms with Crippen molar-refractivity contribution >= 4 is 39.6 Å². The molecule has 0 fully saturated rings. The smallest absolute Gasteiger partial charge is 0.264 e. The number of nitrogens with two attached hydrogens (primary N) is 1. The van der Waals surface area contributed by atoms with Crippen LogP contribution < -0.4 is 20.9 Å². The zero-order valence-electron chi connectivity index (χ0n) is 16.5. The van der Waals surface area contributed by atoms with Crippen molar-refractivity contribution in [2.75, 3.05) is 11.6 Å². The van der Waals surface area contributed by atoms with Crippen LogP contribution in [0.5, 0.6) is 11.5 Å². The van der Waals surface area contributed by atoms with E-state index >= 15 is 0 Å². The molecule has 31 heavy (non-hydrogen) atoms. The molecule has 0 bridgehead atoms. The van der Waals surface area contributed by atoms with E-state index in [9.17, 15) is 14.3 Å². The van der Waals surface area contributed by atoms with E-state index in [1.165, 1.54) is 23.5 Å². The summed E-state index contributed by atoms with van der Waals surface area (Å²) in [6, 6.07) is 7.64. The Hall–Kier alpha value is -3.05. The number of phenolic OH excluding ortho intramolecular Hbond substituents is 1. The first-order valence-electron chi connectivity index (χ1n) is 9.58. The molecule has 0 aliphatic carbocycles. The monoisotopic (exact) mass is 492 g/mol. The fourth-order valence-corrected chi connectivity index (χ4v) is 3.47. The molecule has 1 unspecified atom stereocenters. The second-order valence-corrected chi connectivity index (χ2v) is 7.79. The van der Waals surface area contributed by atoms with Gasteiger partial charge in [0.05, 0.1) is 24.3 Å². The first kappa shape index (κ1) is 22.6. The zero-order chi connectivity index (χ0) is 22.4. The van der Waals surface area contributed by atoms with Gasteiger partial charge in [-0.1, -0.05) is 15.9 Å². The van der Waals surface area contributed by atoms with Crippen LogP contribution in [-0.2, 0) is 4.79 Å². The highest BCUT2D eigenvalue weighted by Gasteiger charge is 2.26. The number of hydrogen-bond donors (Lipinski definition) is 4. The second-order valence-electron chi connectivity index (χ2n) is 6.87. The van der Waals surface area contributed by atoms with Crippen LogP contribution in [0.1, 0.15) is 37.4 Å². The maximum atomic E-state index is 14.4. The number of ether oxygens (including phenoxy) is 1. The summed E-state index contributed by atoms with van der Waals surface area (Å²) < 4.78 is 20.6. The molecule has 1 heterocycles. The molecule has 2 aromatic carbocycles. The summed E-state index contributed by atoms with van der Waals surface area (Å²) in [7, 11) is 0. The Morgan fingerprint density at radius 1 is 1.35 bits per heavy atom. The van der Waals surface area contributed by atoms with E-state index in [2.05, 4.69) is 31.4 Å². The van der Waals surface area contributed by atoms with Gasteiger partial charge in [-0.25, -0.2) is 20.8 Å². The van der Waals surface area contributed by atoms with E-state index in [0.29, 0.717) is 35.2 Å². The average molecular weight is 493 g/mol. The summed E-state index contributed by atoms with van der Waals surface area (Å²) in [6.07, 6.45) is 3.08. The first-order valence-corrected chi connectivity index (χ1v) is 10.4. The van der Waals surface area contributed by atoms with E-state index < -0.39 is 17.9 Å². The molecule has 0 aromatic heterocycles. The Morgan fingerprint density at radius 3 is 2.90 bits per heavy atom. The Labute approximate surface area is 186 Å². The minimum atomic E-state index is -0.650. The number of hydrazine groups is 1. The summed E-state index contributed by atoms with van der Waals surface area (Å²) in [4.78, 5) is 15.2. The third-order valence-corrected chi connectivity index (χ3v) is 5.22. The second kappa shape index (κ2) is 10.3. The maximum absolute atomic E-state index is 14.4. The number of hydrogen-bond acceptors (Lipinski definition) is 8. The third-order valence-electron chi connectivity index (χ3n) is 4.72. The van der Waals surface area contributed by atoms with Gasteiger partial charge in [-0.05, 0) is 43.5 Å². The normalized spacial score (nSPS) is 14.5. The highest BCUT2D eigenvalue weighted by Crippen LogP contribution is 2.40. The number of halogens is 2. The van der Waals surface area contributed by atoms with Crippen molar-refractivity contribution in [3.8, 4) is 11.5 Å². The van der Waals surface area contributed by atoms with Crippen molar-refractivity contribution in [2.24, 2.45) is 15.9 Å². The molecule has 2 aromatic rings. The van der Waals surface area contributed by atoms with Gasteiger partial charge in [0, 0.05) is 22.5 Å². The minimum absolute atomic E-state index is 0.0875. The van der Waals surface area contributed by atoms with Crippen LogP contribution in [0.2, 0.25) is 0 Å². The van der Waals surface area contributed by atoms with Crippen LogP contribution in [0, 0.1) is 11.3 Å². The van der Waals surface area contributed by atoms with Crippen LogP contribution in [0.25, 0.3) is 0 Å². The number of nitrogens with one attached hydrogen (secondary N) is 2. The lowest BCUT2D eigenvalue weighted by molar-refractivity contribution is -0.118. The molecule has 9 nitrogen and oxygen atoms in total. The van der Waals surface area contributed by atoms with Crippen LogP contribution in [0.3, 0.4) is 0 Å². The van der Waals surface area contributed by atoms with Crippen molar-refractivity contribution < 1.29 is 19.0 Å². The summed E-state index contributed by atoms with van der Waals surface area (Å²) in [5.74, 6) is 5.43. The van der Waals surface area contributed by atoms with Gasteiger partial charge in [-0.15, -0.1) is 5.11 Å². The Bertz CT molecular complexity index is 1000. The number of fused-ring (bicyclic) bond motifs is 1. The Balaban J connectivity index is 1.67. The number of aliphatic imine (C=N–C) groups is 1. The molecule has 0 saturated heterocycles. The van der Waals surface area contributed by atoms with E-state index in [1.807, 2.05) is 0 Å². The van der Waals surface area contributed by atoms with Gasteiger partial charge < -0.3 is 15.2 Å². The van der Waals surface area contributed by atoms with Gasteiger partial charge >= 0.3 is 0 Å². The number of rotatable bonds is 9. The molecule has 11 heteroatoms. The number of benzene rings is 2. The van der Waals surface area contributed by atoms with Gasteiger partial charge in [0.25, 0.3) is 5.91 Å². The summed E-state index contributed by atoms with van der Waals surface area (Å²) in [5, 5.41) is 17.5. The highest BCUT2D eigenvalue weighted by atomic mass is 79.9. The van der Waals surface area contributed by atoms with Gasteiger partial charge in [-0.3, -0.25) is 9.80 Å². The SMILES string of the molecule is N=NC(=O)CCCCCOc1cc2c(cc1O)C(N(N)c1ccc(Br)cc1F)NC=N2. The highest BCUT2D eigenvalue weighted by molar-refractivity contribution is 9.10. The maximum Gasteiger partial charge on any atom is 0.264 e. The average Bonchev–Trinajstić information content (AvgIpc) is 2.75. The number of unbranched alkanes of at least 4 members (excludes halogenated alkanes) is 2. The number of carbonyl (C=O) groups excluding carboxylic acids is 1. The van der Waals surface area contributed by atoms with Crippen molar-refractivity contribution in [1.82, 2.24) is 5.32 Å². The number of aromatic hydroxyl groups is 1. The molecule has 1 amide bonds. The van der Waals surface area contributed by atoms with E-state index in [0.717, 1.165) is 6.42 Å². The largest absolute Gasteiger partial charge is 0.504 e. The molecule has 164 valence electrons. The molecule has 0 radical (unpaired) electrons. The van der Waals surface area contributed by atoms with E-state index in [-0.39, 0.29) is 23.6 Å². The van der Waals surface area contributed by atoms with Gasteiger partial charge in [-0.2, -0.15) is 0 Å². The van der Waals surface area contributed by atoms with Crippen LogP contribution in [-0.4, -0.2) is 24.0 Å². The first-order chi connectivity index (χ1) is 14.9. The third kappa shape index (κ3) is 5.56. The fourth-order valence-electron chi connectivity index (χ4n) is 3.14. The molecule has 5 N–H and O–H groups in total. The Morgan fingerprint density at radius 2 is 2.16 bits per heavy atom. The lowest BCUT2D eigenvalue weighted by Gasteiger charge is -2.32. The van der Waals surface area contributed by atoms with Crippen LogP contribution in [0.4, 0.5) is 15.8 Å². The van der Waals surface area contributed by atoms with Crippen molar-refractivity contribution in [3.63, 3.8) is 0 Å². The fraction of sp³-hybridized carbons (Fsp3) is 0.300. The lowest BCUT2D eigenvalue weighted by atomic mass is 10.1. The van der Waals surface area contributed by atoms with Crippen molar-refractivity contribution in [3.05, 3.63) is 46.2 Å². The van der Waals surface area contributed by atoms with Crippen LogP contribution in [0.15, 0.2) is 44.9 Å². The summed E-state index contributed by atoms with van der Waals surface area (Å²) >= 11 is 3.22. The van der Waals surface area contributed by atoms with Crippen LogP contribution >= 0.6 is 15.9 Å². The van der Waals surface area contributed by atoms with E-state index in [4.69, 9.17) is 16.1 Å². The van der Waals surface area contributed by atoms with Crippen molar-refractivity contribution in [2.45, 2.75) is 31.8 Å². The van der Waals surface area contributed by atoms with Crippen molar-refractivity contribution in [1.29, 1.82) is 5.53 Å². The lowest BCUT2D eigenvalue weighted by Crippen LogP contribution is -2.44. The molecular formula is C20H22BrFN6O3. The molecule has 3 rings (SSSR count). The number of nitrogens with zero attached hydrogens (tertiary/aromatic N) is 3. The summed E-state index contributed by atoms with van der Waals surface area (Å²) in [5.41, 5.74) is 7.90. The summed E-state index contributed by atoms with van der Waals surface area (Å²) in [6.45, 7) is 0.344. The standard InChI is InChI=1S/C20H22BrFN6O3/c21-12-5-6-16(14(22)8-12)28(24)20-13-9-17(29)18(10-15(13)25-11-26-20)31-7-3-1-2-4-19(30)27-23/h5-6,8-11,20,23,29H,1-4,7,24H2,(H,25,26). The molecule has 0 spiro atoms. The number of anilines is 1. The topological polar surface area (TPSA) is 136 Å². The van der Waals surface area contributed by atoms with E-state index in [1.54, 1.807) is 18.2 Å². The predicted molar refractivity (Wildman–Crippen MR) is 117 cm³/mol. The number of amides is 1. The van der Waals surface area contributed by atoms with Gasteiger partial charge in [0.15, 0.2) is 11.5 Å². The van der Waals surface area contributed by atoms with Gasteiger partial charge in [0.1, 0.15) is 12.0 Å². The molecule has 0 saturated carbocycles. The zero-order valence-corrected chi connectivity index (χ0v) is 18.1. The molecule has 1 atom stereocenters. The quantitative estimate of drug-likeness (QED) is 0.177. The molecular weight excluding hydrogens is 471 g/mol. The number of carbonyl (C=O) groups is 1. The minimum Gasteiger partial charge on any atom is -0.504 e. The van der Waals surface area contributed by atoms with Gasteiger partial charge in [0.2, 0.25) is 0 Å². The molecule has 1 aliphatic heterocycles. The Kier molecular flexibility index (Phi) is 7.53. The molecule has 1 aliphatic rings.